The Bertz CT molecular complexity index is 756. The van der Waals surface area contributed by atoms with Crippen molar-refractivity contribution in [3.63, 3.8) is 0 Å². The Morgan fingerprint density at radius 1 is 1.05 bits per heavy atom. The molecule has 0 aliphatic carbocycles. The standard InChI is InChI=1S/C17H14O2S/c1-17(16(18)19,15-10-5-11-20-15)14-9-4-7-12-6-2-3-8-13(12)14/h2-11H,1H3,(H,18,19). The molecule has 100 valence electrons. The van der Waals surface area contributed by atoms with E-state index in [-0.39, 0.29) is 0 Å². The molecule has 0 fully saturated rings. The van der Waals surface area contributed by atoms with Crippen molar-refractivity contribution >= 4 is 28.1 Å². The summed E-state index contributed by atoms with van der Waals surface area (Å²) in [4.78, 5) is 12.8. The van der Waals surface area contributed by atoms with E-state index in [4.69, 9.17) is 0 Å². The second kappa shape index (κ2) is 4.76. The first kappa shape index (κ1) is 12.9. The minimum Gasteiger partial charge on any atom is -0.480 e. The molecule has 0 aliphatic rings. The summed E-state index contributed by atoms with van der Waals surface area (Å²) in [6.07, 6.45) is 0. The third-order valence-corrected chi connectivity index (χ3v) is 4.86. The molecule has 0 bridgehead atoms. The van der Waals surface area contributed by atoms with Gasteiger partial charge in [0.2, 0.25) is 0 Å². The molecule has 0 saturated heterocycles. The van der Waals surface area contributed by atoms with E-state index >= 15 is 0 Å². The number of carboxylic acids is 1. The summed E-state index contributed by atoms with van der Waals surface area (Å²) in [6, 6.07) is 17.5. The van der Waals surface area contributed by atoms with Gasteiger partial charge in [0.15, 0.2) is 0 Å². The number of rotatable bonds is 3. The van der Waals surface area contributed by atoms with Crippen molar-refractivity contribution in [3.05, 3.63) is 70.4 Å². The van der Waals surface area contributed by atoms with Gasteiger partial charge in [0.1, 0.15) is 5.41 Å². The first-order valence-corrected chi connectivity index (χ1v) is 7.27. The molecule has 1 atom stereocenters. The molecule has 0 spiro atoms. The van der Waals surface area contributed by atoms with Crippen molar-refractivity contribution < 1.29 is 9.90 Å². The van der Waals surface area contributed by atoms with Crippen LogP contribution in [0.5, 0.6) is 0 Å². The second-order valence-electron chi connectivity index (χ2n) is 4.93. The molecule has 3 heteroatoms. The summed E-state index contributed by atoms with van der Waals surface area (Å²) >= 11 is 1.48. The lowest BCUT2D eigenvalue weighted by molar-refractivity contribution is -0.141. The van der Waals surface area contributed by atoms with Crippen LogP contribution in [0.1, 0.15) is 17.4 Å². The Hall–Kier alpha value is -2.13. The van der Waals surface area contributed by atoms with Gasteiger partial charge in [0, 0.05) is 4.88 Å². The lowest BCUT2D eigenvalue weighted by Crippen LogP contribution is -2.33. The van der Waals surface area contributed by atoms with Gasteiger partial charge in [-0.25, -0.2) is 0 Å². The predicted molar refractivity (Wildman–Crippen MR) is 82.4 cm³/mol. The summed E-state index contributed by atoms with van der Waals surface area (Å²) < 4.78 is 0. The SMILES string of the molecule is CC(C(=O)O)(c1cccs1)c1cccc2ccccc12. The molecule has 3 aromatic rings. The van der Waals surface area contributed by atoms with E-state index in [0.29, 0.717) is 0 Å². The van der Waals surface area contributed by atoms with Gasteiger partial charge < -0.3 is 5.11 Å². The maximum Gasteiger partial charge on any atom is 0.319 e. The van der Waals surface area contributed by atoms with Crippen molar-refractivity contribution in [1.29, 1.82) is 0 Å². The van der Waals surface area contributed by atoms with Gasteiger partial charge in [-0.2, -0.15) is 0 Å². The molecule has 1 aromatic heterocycles. The number of benzene rings is 2. The summed E-state index contributed by atoms with van der Waals surface area (Å²) in [6.45, 7) is 1.78. The van der Waals surface area contributed by atoms with Crippen molar-refractivity contribution in [1.82, 2.24) is 0 Å². The van der Waals surface area contributed by atoms with Crippen molar-refractivity contribution in [2.75, 3.05) is 0 Å². The Morgan fingerprint density at radius 2 is 1.80 bits per heavy atom. The molecule has 2 aromatic carbocycles. The molecule has 0 aliphatic heterocycles. The highest BCUT2D eigenvalue weighted by atomic mass is 32.1. The number of carboxylic acid groups (broad SMARTS) is 1. The number of fused-ring (bicyclic) bond motifs is 1. The fourth-order valence-electron chi connectivity index (χ4n) is 2.58. The fraction of sp³-hybridized carbons (Fsp3) is 0.118. The molecule has 2 nitrogen and oxygen atoms in total. The minimum absolute atomic E-state index is 0.823. The van der Waals surface area contributed by atoms with E-state index in [1.165, 1.54) is 11.3 Å². The van der Waals surface area contributed by atoms with Gasteiger partial charge in [0.25, 0.3) is 0 Å². The van der Waals surface area contributed by atoms with Gasteiger partial charge in [-0.3, -0.25) is 4.79 Å². The van der Waals surface area contributed by atoms with Gasteiger partial charge in [-0.05, 0) is 34.7 Å². The Balaban J connectivity index is 2.34. The van der Waals surface area contributed by atoms with Gasteiger partial charge >= 0.3 is 5.97 Å². The summed E-state index contributed by atoms with van der Waals surface area (Å²) in [7, 11) is 0. The highest BCUT2D eigenvalue weighted by molar-refractivity contribution is 7.10. The summed E-state index contributed by atoms with van der Waals surface area (Å²) in [5, 5.41) is 13.8. The quantitative estimate of drug-likeness (QED) is 0.778. The average Bonchev–Trinajstić information content (AvgIpc) is 3.00. The molecular formula is C17H14O2S. The van der Waals surface area contributed by atoms with Crippen LogP contribution >= 0.6 is 11.3 Å². The maximum absolute atomic E-state index is 12.0. The number of aliphatic carboxylic acids is 1. The smallest absolute Gasteiger partial charge is 0.319 e. The van der Waals surface area contributed by atoms with Crippen LogP contribution in [-0.4, -0.2) is 11.1 Å². The zero-order chi connectivity index (χ0) is 14.2. The highest BCUT2D eigenvalue weighted by Crippen LogP contribution is 2.38. The van der Waals surface area contributed by atoms with Crippen LogP contribution in [0.4, 0.5) is 0 Å². The molecule has 20 heavy (non-hydrogen) atoms. The number of carbonyl (C=O) groups is 1. The van der Waals surface area contributed by atoms with Crippen molar-refractivity contribution in [2.45, 2.75) is 12.3 Å². The first-order chi connectivity index (χ1) is 9.64. The maximum atomic E-state index is 12.0. The molecule has 3 rings (SSSR count). The Labute approximate surface area is 121 Å². The first-order valence-electron chi connectivity index (χ1n) is 6.39. The van der Waals surface area contributed by atoms with Crippen LogP contribution in [0.25, 0.3) is 10.8 Å². The summed E-state index contributed by atoms with van der Waals surface area (Å²) in [5.41, 5.74) is -0.180. The van der Waals surface area contributed by atoms with Crippen LogP contribution < -0.4 is 0 Å². The zero-order valence-electron chi connectivity index (χ0n) is 11.0. The van der Waals surface area contributed by atoms with E-state index in [1.807, 2.05) is 60.0 Å². The fourth-order valence-corrected chi connectivity index (χ4v) is 3.47. The van der Waals surface area contributed by atoms with Gasteiger partial charge in [0.05, 0.1) is 0 Å². The lowest BCUT2D eigenvalue weighted by Gasteiger charge is -2.25. The minimum atomic E-state index is -1.02. The Kier molecular flexibility index (Phi) is 3.07. The normalized spacial score (nSPS) is 14.1. The molecule has 1 N–H and O–H groups in total. The number of hydrogen-bond donors (Lipinski definition) is 1. The molecule has 0 amide bonds. The zero-order valence-corrected chi connectivity index (χ0v) is 11.9. The van der Waals surface area contributed by atoms with E-state index in [0.717, 1.165) is 21.2 Å². The molecular weight excluding hydrogens is 268 g/mol. The van der Waals surface area contributed by atoms with E-state index < -0.39 is 11.4 Å². The Morgan fingerprint density at radius 3 is 2.50 bits per heavy atom. The van der Waals surface area contributed by atoms with Crippen LogP contribution in [0.3, 0.4) is 0 Å². The lowest BCUT2D eigenvalue weighted by atomic mass is 9.78. The molecule has 1 unspecified atom stereocenters. The molecule has 0 radical (unpaired) electrons. The van der Waals surface area contributed by atoms with Crippen molar-refractivity contribution in [3.8, 4) is 0 Å². The second-order valence-corrected chi connectivity index (χ2v) is 5.88. The average molecular weight is 282 g/mol. The van der Waals surface area contributed by atoms with Crippen LogP contribution in [0, 0.1) is 0 Å². The third kappa shape index (κ3) is 1.82. The monoisotopic (exact) mass is 282 g/mol. The van der Waals surface area contributed by atoms with Gasteiger partial charge in [-0.15, -0.1) is 11.3 Å². The van der Waals surface area contributed by atoms with Crippen LogP contribution in [-0.2, 0) is 10.2 Å². The van der Waals surface area contributed by atoms with E-state index in [2.05, 4.69) is 0 Å². The van der Waals surface area contributed by atoms with Crippen LogP contribution in [0.15, 0.2) is 60.0 Å². The largest absolute Gasteiger partial charge is 0.480 e. The molecule has 1 heterocycles. The van der Waals surface area contributed by atoms with Crippen molar-refractivity contribution in [2.24, 2.45) is 0 Å². The van der Waals surface area contributed by atoms with Crippen LogP contribution in [0.2, 0.25) is 0 Å². The topological polar surface area (TPSA) is 37.3 Å². The molecule has 0 saturated carbocycles. The number of hydrogen-bond acceptors (Lipinski definition) is 2. The number of thiophene rings is 1. The van der Waals surface area contributed by atoms with Gasteiger partial charge in [-0.1, -0.05) is 48.5 Å². The third-order valence-electron chi connectivity index (χ3n) is 3.77. The summed E-state index contributed by atoms with van der Waals surface area (Å²) in [5.74, 6) is -0.823. The predicted octanol–water partition coefficient (Wildman–Crippen LogP) is 4.29. The van der Waals surface area contributed by atoms with E-state index in [1.54, 1.807) is 6.92 Å². The van der Waals surface area contributed by atoms with E-state index in [9.17, 15) is 9.90 Å². The highest BCUT2D eigenvalue weighted by Gasteiger charge is 2.39.